The van der Waals surface area contributed by atoms with Gasteiger partial charge in [-0.15, -0.1) is 0 Å². The molecule has 5 heteroatoms. The minimum Gasteiger partial charge on any atom is -0.489 e. The van der Waals surface area contributed by atoms with Crippen LogP contribution in [0.3, 0.4) is 0 Å². The van der Waals surface area contributed by atoms with Crippen molar-refractivity contribution in [2.45, 2.75) is 13.0 Å². The molecule has 1 heterocycles. The third kappa shape index (κ3) is 5.13. The minimum absolute atomic E-state index is 0.0679. The lowest BCUT2D eigenvalue weighted by atomic mass is 10.1. The number of para-hydroxylation sites is 1. The van der Waals surface area contributed by atoms with Crippen LogP contribution in [0.5, 0.6) is 5.75 Å². The van der Waals surface area contributed by atoms with E-state index in [-0.39, 0.29) is 11.5 Å². The van der Waals surface area contributed by atoms with E-state index >= 15 is 0 Å². The Morgan fingerprint density at radius 3 is 2.47 bits per heavy atom. The molecule has 0 radical (unpaired) electrons. The van der Waals surface area contributed by atoms with Crippen LogP contribution in [-0.4, -0.2) is 17.4 Å². The molecular formula is C31H25N3O2. The number of hydrogen-bond acceptors (Lipinski definition) is 3. The first-order chi connectivity index (χ1) is 17.7. The number of ether oxygens (including phenoxy) is 1. The summed E-state index contributed by atoms with van der Waals surface area (Å²) in [6.45, 7) is 0.902. The first-order valence-electron chi connectivity index (χ1n) is 11.9. The van der Waals surface area contributed by atoms with Crippen LogP contribution in [0.1, 0.15) is 16.7 Å². The Hall–Kier alpha value is -4.82. The number of aromatic amines is 1. The molecule has 0 aliphatic heterocycles. The number of hydrogen-bond donors (Lipinski definition) is 2. The summed E-state index contributed by atoms with van der Waals surface area (Å²) in [5.74, 6) is 0.343. The standard InChI is InChI=1S/C31H25N3O2/c32-19-26(31(35)33-17-16-24-20-34-30-11-4-3-10-29(24)30)18-22-12-14-27(15-13-22)36-21-25-8-5-7-23-6-1-2-9-28(23)25/h1-15,18,20,34H,16-17,21H2,(H,33,35)/b26-18-. The van der Waals surface area contributed by atoms with E-state index in [1.165, 1.54) is 10.8 Å². The van der Waals surface area contributed by atoms with E-state index < -0.39 is 0 Å². The number of aromatic nitrogens is 1. The van der Waals surface area contributed by atoms with Crippen molar-refractivity contribution in [1.82, 2.24) is 10.3 Å². The second kappa shape index (κ2) is 10.6. The van der Waals surface area contributed by atoms with Crippen LogP contribution in [0.15, 0.2) is 103 Å². The predicted molar refractivity (Wildman–Crippen MR) is 143 cm³/mol. The fourth-order valence-electron chi connectivity index (χ4n) is 4.30. The summed E-state index contributed by atoms with van der Waals surface area (Å²) in [6.07, 6.45) is 4.23. The van der Waals surface area contributed by atoms with Crippen LogP contribution in [0.25, 0.3) is 27.8 Å². The Morgan fingerprint density at radius 1 is 0.889 bits per heavy atom. The van der Waals surface area contributed by atoms with Crippen molar-refractivity contribution in [2.24, 2.45) is 0 Å². The van der Waals surface area contributed by atoms with Crippen molar-refractivity contribution in [3.8, 4) is 11.8 Å². The van der Waals surface area contributed by atoms with Crippen LogP contribution in [-0.2, 0) is 17.8 Å². The summed E-state index contributed by atoms with van der Waals surface area (Å²) in [4.78, 5) is 15.8. The van der Waals surface area contributed by atoms with Gasteiger partial charge in [-0.1, -0.05) is 72.8 Å². The molecule has 0 bridgehead atoms. The molecule has 4 aromatic carbocycles. The lowest BCUT2D eigenvalue weighted by Crippen LogP contribution is -2.26. The molecular weight excluding hydrogens is 446 g/mol. The Labute approximate surface area is 209 Å². The third-order valence-corrected chi connectivity index (χ3v) is 6.19. The molecule has 0 aliphatic carbocycles. The Bertz CT molecular complexity index is 1580. The molecule has 2 N–H and O–H groups in total. The summed E-state index contributed by atoms with van der Waals surface area (Å²) in [5.41, 5.74) is 4.15. The molecule has 176 valence electrons. The van der Waals surface area contributed by atoms with Gasteiger partial charge >= 0.3 is 0 Å². The van der Waals surface area contributed by atoms with Crippen LogP contribution >= 0.6 is 0 Å². The van der Waals surface area contributed by atoms with E-state index in [2.05, 4.69) is 40.6 Å². The summed E-state index contributed by atoms with van der Waals surface area (Å²) in [5, 5.41) is 15.9. The molecule has 1 amide bonds. The fourth-order valence-corrected chi connectivity index (χ4v) is 4.30. The molecule has 0 fully saturated rings. The van der Waals surface area contributed by atoms with Crippen molar-refractivity contribution in [2.75, 3.05) is 6.54 Å². The normalized spacial score (nSPS) is 11.4. The topological polar surface area (TPSA) is 77.9 Å². The van der Waals surface area contributed by atoms with Crippen LogP contribution in [0.2, 0.25) is 0 Å². The number of fused-ring (bicyclic) bond motifs is 2. The highest BCUT2D eigenvalue weighted by Crippen LogP contribution is 2.22. The zero-order chi connectivity index (χ0) is 24.7. The van der Waals surface area contributed by atoms with Crippen molar-refractivity contribution < 1.29 is 9.53 Å². The second-order valence-electron chi connectivity index (χ2n) is 8.53. The number of nitriles is 1. The van der Waals surface area contributed by atoms with Gasteiger partial charge in [0.2, 0.25) is 0 Å². The van der Waals surface area contributed by atoms with Gasteiger partial charge in [-0.2, -0.15) is 5.26 Å². The van der Waals surface area contributed by atoms with E-state index in [9.17, 15) is 10.1 Å². The maximum atomic E-state index is 12.6. The van der Waals surface area contributed by atoms with Gasteiger partial charge in [-0.05, 0) is 58.2 Å². The molecule has 5 nitrogen and oxygen atoms in total. The quantitative estimate of drug-likeness (QED) is 0.210. The highest BCUT2D eigenvalue weighted by molar-refractivity contribution is 6.01. The van der Waals surface area contributed by atoms with Crippen molar-refractivity contribution >= 4 is 33.7 Å². The number of benzene rings is 4. The van der Waals surface area contributed by atoms with E-state index in [0.29, 0.717) is 19.6 Å². The molecule has 0 unspecified atom stereocenters. The number of carbonyl (C=O) groups is 1. The molecule has 0 atom stereocenters. The lowest BCUT2D eigenvalue weighted by molar-refractivity contribution is -0.117. The lowest BCUT2D eigenvalue weighted by Gasteiger charge is -2.09. The molecule has 36 heavy (non-hydrogen) atoms. The van der Waals surface area contributed by atoms with Gasteiger partial charge in [-0.3, -0.25) is 4.79 Å². The van der Waals surface area contributed by atoms with E-state index in [4.69, 9.17) is 4.74 Å². The van der Waals surface area contributed by atoms with Crippen molar-refractivity contribution in [3.05, 3.63) is 119 Å². The number of H-pyrrole nitrogens is 1. The highest BCUT2D eigenvalue weighted by Gasteiger charge is 2.10. The maximum Gasteiger partial charge on any atom is 0.261 e. The average molecular weight is 472 g/mol. The summed E-state index contributed by atoms with van der Waals surface area (Å²) in [6, 6.07) is 31.9. The van der Waals surface area contributed by atoms with E-state index in [0.717, 1.165) is 33.3 Å². The third-order valence-electron chi connectivity index (χ3n) is 6.19. The highest BCUT2D eigenvalue weighted by atomic mass is 16.5. The van der Waals surface area contributed by atoms with Gasteiger partial charge in [0.15, 0.2) is 0 Å². The number of nitrogens with one attached hydrogen (secondary N) is 2. The van der Waals surface area contributed by atoms with Crippen LogP contribution < -0.4 is 10.1 Å². The first kappa shape index (κ1) is 22.9. The zero-order valence-corrected chi connectivity index (χ0v) is 19.7. The smallest absolute Gasteiger partial charge is 0.261 e. The van der Waals surface area contributed by atoms with Gasteiger partial charge in [0.1, 0.15) is 24.0 Å². The maximum absolute atomic E-state index is 12.6. The second-order valence-corrected chi connectivity index (χ2v) is 8.53. The summed E-state index contributed by atoms with van der Waals surface area (Å²) in [7, 11) is 0. The number of carbonyl (C=O) groups excluding carboxylic acids is 1. The summed E-state index contributed by atoms with van der Waals surface area (Å²) >= 11 is 0. The Balaban J connectivity index is 1.18. The fraction of sp³-hybridized carbons (Fsp3) is 0.0968. The Kier molecular flexibility index (Phi) is 6.77. The molecule has 5 rings (SSSR count). The molecule has 0 aliphatic rings. The van der Waals surface area contributed by atoms with Gasteiger partial charge in [0, 0.05) is 23.6 Å². The molecule has 1 aromatic heterocycles. The minimum atomic E-state index is -0.381. The number of amides is 1. The number of nitrogens with zero attached hydrogens (tertiary/aromatic N) is 1. The molecule has 0 spiro atoms. The van der Waals surface area contributed by atoms with Crippen molar-refractivity contribution in [3.63, 3.8) is 0 Å². The van der Waals surface area contributed by atoms with Crippen molar-refractivity contribution in [1.29, 1.82) is 5.26 Å². The van der Waals surface area contributed by atoms with Gasteiger partial charge in [-0.25, -0.2) is 0 Å². The number of rotatable bonds is 8. The van der Waals surface area contributed by atoms with Crippen LogP contribution in [0.4, 0.5) is 0 Å². The average Bonchev–Trinajstić information content (AvgIpc) is 3.34. The van der Waals surface area contributed by atoms with Gasteiger partial charge < -0.3 is 15.0 Å². The van der Waals surface area contributed by atoms with E-state index in [1.54, 1.807) is 6.08 Å². The first-order valence-corrected chi connectivity index (χ1v) is 11.9. The monoisotopic (exact) mass is 471 g/mol. The van der Waals surface area contributed by atoms with Gasteiger partial charge in [0.05, 0.1) is 0 Å². The SMILES string of the molecule is N#C/C(=C/c1ccc(OCc2cccc3ccccc23)cc1)C(=O)NCCc1c[nH]c2ccccc12. The Morgan fingerprint density at radius 2 is 1.64 bits per heavy atom. The van der Waals surface area contributed by atoms with Gasteiger partial charge in [0.25, 0.3) is 5.91 Å². The molecule has 0 saturated carbocycles. The summed E-state index contributed by atoms with van der Waals surface area (Å²) < 4.78 is 5.99. The zero-order valence-electron chi connectivity index (χ0n) is 19.7. The largest absolute Gasteiger partial charge is 0.489 e. The van der Waals surface area contributed by atoms with Crippen LogP contribution in [0, 0.1) is 11.3 Å². The molecule has 5 aromatic rings. The predicted octanol–water partition coefficient (Wildman–Crippen LogP) is 6.17. The molecule has 0 saturated heterocycles. The van der Waals surface area contributed by atoms with E-state index in [1.807, 2.05) is 72.9 Å².